The molecule has 33 heavy (non-hydrogen) atoms. The van der Waals surface area contributed by atoms with Crippen LogP contribution >= 0.6 is 23.2 Å². The van der Waals surface area contributed by atoms with Crippen LogP contribution in [0.1, 0.15) is 54.6 Å². The molecule has 2 amide bonds. The van der Waals surface area contributed by atoms with Crippen molar-refractivity contribution in [1.82, 2.24) is 15.5 Å². The van der Waals surface area contributed by atoms with Gasteiger partial charge in [0.25, 0.3) is 5.91 Å². The van der Waals surface area contributed by atoms with E-state index in [1.807, 2.05) is 13.8 Å². The first-order valence-corrected chi connectivity index (χ1v) is 12.3. The highest BCUT2D eigenvalue weighted by Gasteiger charge is 2.27. The predicted molar refractivity (Wildman–Crippen MR) is 135 cm³/mol. The molecule has 1 aliphatic rings. The second kappa shape index (κ2) is 11.9. The monoisotopic (exact) mass is 489 g/mol. The number of carbonyl (C=O) groups excluding carboxylic acids is 2. The quantitative estimate of drug-likeness (QED) is 0.533. The summed E-state index contributed by atoms with van der Waals surface area (Å²) in [6.07, 6.45) is 2.33. The minimum absolute atomic E-state index is 0.108. The van der Waals surface area contributed by atoms with E-state index >= 15 is 0 Å². The van der Waals surface area contributed by atoms with Crippen LogP contribution in [0, 0.1) is 12.8 Å². The van der Waals surface area contributed by atoms with E-state index in [0.29, 0.717) is 17.0 Å². The van der Waals surface area contributed by atoms with Crippen molar-refractivity contribution in [1.29, 1.82) is 0 Å². The molecule has 3 rings (SSSR count). The van der Waals surface area contributed by atoms with Gasteiger partial charge in [-0.1, -0.05) is 66.9 Å². The van der Waals surface area contributed by atoms with Gasteiger partial charge in [0.05, 0.1) is 10.6 Å². The van der Waals surface area contributed by atoms with E-state index in [1.54, 1.807) is 12.1 Å². The molecule has 1 fully saturated rings. The van der Waals surface area contributed by atoms with Crippen molar-refractivity contribution in [3.05, 3.63) is 69.2 Å². The molecule has 0 radical (unpaired) electrons. The van der Waals surface area contributed by atoms with Crippen LogP contribution in [-0.2, 0) is 11.3 Å². The molecule has 1 heterocycles. The van der Waals surface area contributed by atoms with Crippen LogP contribution in [0.25, 0.3) is 0 Å². The van der Waals surface area contributed by atoms with Gasteiger partial charge >= 0.3 is 0 Å². The third-order valence-electron chi connectivity index (χ3n) is 5.93. The second-order valence-corrected chi connectivity index (χ2v) is 10.2. The summed E-state index contributed by atoms with van der Waals surface area (Å²) < 4.78 is 0. The summed E-state index contributed by atoms with van der Waals surface area (Å²) in [5.41, 5.74) is 2.90. The van der Waals surface area contributed by atoms with Gasteiger partial charge < -0.3 is 10.6 Å². The summed E-state index contributed by atoms with van der Waals surface area (Å²) in [6.45, 7) is 8.96. The molecule has 2 aromatic rings. The Morgan fingerprint density at radius 1 is 1.09 bits per heavy atom. The number of halogens is 2. The average Bonchev–Trinajstić information content (AvgIpc) is 2.74. The van der Waals surface area contributed by atoms with Crippen molar-refractivity contribution in [3.8, 4) is 0 Å². The molecule has 1 aliphatic heterocycles. The van der Waals surface area contributed by atoms with Gasteiger partial charge in [-0.25, -0.2) is 0 Å². The van der Waals surface area contributed by atoms with Crippen molar-refractivity contribution in [2.45, 2.75) is 58.7 Å². The number of amides is 2. The molecule has 1 atom stereocenters. The van der Waals surface area contributed by atoms with Gasteiger partial charge in [-0.05, 0) is 55.9 Å². The average molecular weight is 490 g/mol. The molecule has 0 saturated carbocycles. The fraction of sp³-hybridized carbons (Fsp3) is 0.462. The molecular weight excluding hydrogens is 457 g/mol. The topological polar surface area (TPSA) is 61.4 Å². The fourth-order valence-corrected chi connectivity index (χ4v) is 4.71. The lowest BCUT2D eigenvalue weighted by atomic mass is 10.00. The van der Waals surface area contributed by atoms with Crippen LogP contribution in [0.5, 0.6) is 0 Å². The molecule has 1 unspecified atom stereocenters. The highest BCUT2D eigenvalue weighted by atomic mass is 35.5. The molecule has 1 saturated heterocycles. The molecule has 7 heteroatoms. The first kappa shape index (κ1) is 25.5. The normalized spacial score (nSPS) is 15.9. The number of hydrogen-bond acceptors (Lipinski definition) is 3. The van der Waals surface area contributed by atoms with Gasteiger partial charge in [0.15, 0.2) is 0 Å². The van der Waals surface area contributed by atoms with Gasteiger partial charge in [0, 0.05) is 30.7 Å². The smallest absolute Gasteiger partial charge is 0.253 e. The Morgan fingerprint density at radius 2 is 1.82 bits per heavy atom. The van der Waals surface area contributed by atoms with E-state index in [0.717, 1.165) is 32.5 Å². The van der Waals surface area contributed by atoms with Crippen LogP contribution in [0.3, 0.4) is 0 Å². The van der Waals surface area contributed by atoms with E-state index in [9.17, 15) is 9.59 Å². The van der Waals surface area contributed by atoms with Crippen LogP contribution in [0.2, 0.25) is 10.0 Å². The maximum absolute atomic E-state index is 13.1. The summed E-state index contributed by atoms with van der Waals surface area (Å²) in [5.74, 6) is -0.261. The zero-order valence-corrected chi connectivity index (χ0v) is 21.0. The van der Waals surface area contributed by atoms with Gasteiger partial charge in [0.1, 0.15) is 6.04 Å². The maximum Gasteiger partial charge on any atom is 0.253 e. The number of likely N-dealkylation sites (tertiary alicyclic amines) is 1. The van der Waals surface area contributed by atoms with Crippen molar-refractivity contribution in [2.24, 2.45) is 5.92 Å². The van der Waals surface area contributed by atoms with Crippen molar-refractivity contribution in [3.63, 3.8) is 0 Å². The Kier molecular flexibility index (Phi) is 9.19. The summed E-state index contributed by atoms with van der Waals surface area (Å²) in [5, 5.41) is 6.76. The van der Waals surface area contributed by atoms with Crippen molar-refractivity contribution >= 4 is 35.0 Å². The first-order valence-electron chi connectivity index (χ1n) is 11.6. The molecule has 0 aromatic heterocycles. The molecule has 0 spiro atoms. The molecule has 5 nitrogen and oxygen atoms in total. The number of benzene rings is 2. The lowest BCUT2D eigenvalue weighted by Crippen LogP contribution is -2.52. The predicted octanol–water partition coefficient (Wildman–Crippen LogP) is 5.23. The van der Waals surface area contributed by atoms with Crippen LogP contribution in [-0.4, -0.2) is 41.9 Å². The number of hydrogen-bond donors (Lipinski definition) is 2. The standard InChI is InChI=1S/C26H33Cl2N3O2/c1-17(2)13-24(30-25(32)22-8-7-20(27)15-23(22)28)26(33)29-21-9-11-31(12-10-21)16-19-6-4-5-18(3)14-19/h4-8,14-15,17,21,24H,9-13,16H2,1-3H3,(H,29,33)(H,30,32). The van der Waals surface area contributed by atoms with Crippen molar-refractivity contribution in [2.75, 3.05) is 13.1 Å². The third kappa shape index (κ3) is 7.73. The highest BCUT2D eigenvalue weighted by molar-refractivity contribution is 6.36. The Labute approximate surface area is 206 Å². The largest absolute Gasteiger partial charge is 0.351 e. The molecule has 0 aliphatic carbocycles. The lowest BCUT2D eigenvalue weighted by Gasteiger charge is -2.33. The van der Waals surface area contributed by atoms with Crippen LogP contribution in [0.15, 0.2) is 42.5 Å². The second-order valence-electron chi connectivity index (χ2n) is 9.33. The Balaban J connectivity index is 1.55. The summed E-state index contributed by atoms with van der Waals surface area (Å²) in [6, 6.07) is 12.8. The van der Waals surface area contributed by atoms with Crippen molar-refractivity contribution < 1.29 is 9.59 Å². The minimum atomic E-state index is -0.616. The highest BCUT2D eigenvalue weighted by Crippen LogP contribution is 2.21. The number of piperidine rings is 1. The van der Waals surface area contributed by atoms with Gasteiger partial charge in [-0.3, -0.25) is 14.5 Å². The number of aryl methyl sites for hydroxylation is 1. The van der Waals surface area contributed by atoms with Gasteiger partial charge in [-0.15, -0.1) is 0 Å². The molecule has 0 bridgehead atoms. The molecule has 2 aromatic carbocycles. The zero-order chi connectivity index (χ0) is 24.0. The Hall–Kier alpha value is -2.08. The summed E-state index contributed by atoms with van der Waals surface area (Å²) in [7, 11) is 0. The van der Waals surface area contributed by atoms with Gasteiger partial charge in [-0.2, -0.15) is 0 Å². The third-order valence-corrected chi connectivity index (χ3v) is 6.48. The molecule has 178 valence electrons. The SMILES string of the molecule is Cc1cccc(CN2CCC(NC(=O)C(CC(C)C)NC(=O)c3ccc(Cl)cc3Cl)CC2)c1. The summed E-state index contributed by atoms with van der Waals surface area (Å²) >= 11 is 12.1. The van der Waals surface area contributed by atoms with Gasteiger partial charge in [0.2, 0.25) is 5.91 Å². The van der Waals surface area contributed by atoms with Crippen LogP contribution < -0.4 is 10.6 Å². The van der Waals surface area contributed by atoms with Crippen LogP contribution in [0.4, 0.5) is 0 Å². The zero-order valence-electron chi connectivity index (χ0n) is 19.5. The first-order chi connectivity index (χ1) is 15.7. The number of nitrogens with one attached hydrogen (secondary N) is 2. The Bertz CT molecular complexity index is 972. The Morgan fingerprint density at radius 3 is 2.45 bits per heavy atom. The van der Waals surface area contributed by atoms with E-state index in [1.165, 1.54) is 17.2 Å². The summed E-state index contributed by atoms with van der Waals surface area (Å²) in [4.78, 5) is 28.3. The number of nitrogens with zero attached hydrogens (tertiary/aromatic N) is 1. The van der Waals surface area contributed by atoms with E-state index in [-0.39, 0.29) is 28.8 Å². The molecule has 2 N–H and O–H groups in total. The number of carbonyl (C=O) groups is 2. The lowest BCUT2D eigenvalue weighted by molar-refractivity contribution is -0.124. The maximum atomic E-state index is 13.1. The van der Waals surface area contributed by atoms with E-state index in [4.69, 9.17) is 23.2 Å². The fourth-order valence-electron chi connectivity index (χ4n) is 4.22. The molecular formula is C26H33Cl2N3O2. The minimum Gasteiger partial charge on any atom is -0.351 e. The van der Waals surface area contributed by atoms with E-state index in [2.05, 4.69) is 46.7 Å². The number of rotatable bonds is 8. The van der Waals surface area contributed by atoms with E-state index < -0.39 is 6.04 Å².